The Morgan fingerprint density at radius 1 is 1.17 bits per heavy atom. The lowest BCUT2D eigenvalue weighted by atomic mass is 10.1. The molecule has 0 aromatic carbocycles. The molecule has 2 aliphatic rings. The first-order valence-corrected chi connectivity index (χ1v) is 9.36. The van der Waals surface area contributed by atoms with Crippen molar-refractivity contribution >= 4 is 12.0 Å². The number of carbonyl (C=O) groups is 2. The van der Waals surface area contributed by atoms with Gasteiger partial charge in [0.15, 0.2) is 0 Å². The molecule has 1 radical (unpaired) electrons. The van der Waals surface area contributed by atoms with E-state index in [1.807, 2.05) is 25.7 Å². The van der Waals surface area contributed by atoms with E-state index in [4.69, 9.17) is 4.74 Å². The Kier molecular flexibility index (Phi) is 6.53. The number of nitrogens with one attached hydrogen (secondary N) is 1. The smallest absolute Gasteiger partial charge is 0.408 e. The highest BCUT2D eigenvalue weighted by Crippen LogP contribution is 2.34. The summed E-state index contributed by atoms with van der Waals surface area (Å²) in [6.45, 7) is 11.0. The lowest BCUT2D eigenvalue weighted by Crippen LogP contribution is -2.50. The molecule has 5 nitrogen and oxygen atoms in total. The van der Waals surface area contributed by atoms with Crippen molar-refractivity contribution in [1.82, 2.24) is 10.2 Å². The molecule has 0 bridgehead atoms. The van der Waals surface area contributed by atoms with Crippen molar-refractivity contribution in [2.45, 2.75) is 77.4 Å². The zero-order valence-electron chi connectivity index (χ0n) is 15.5. The second kappa shape index (κ2) is 8.21. The van der Waals surface area contributed by atoms with Crippen LogP contribution >= 0.6 is 0 Å². The van der Waals surface area contributed by atoms with Gasteiger partial charge in [0.05, 0.1) is 0 Å². The van der Waals surface area contributed by atoms with Gasteiger partial charge in [0, 0.05) is 13.1 Å². The summed E-state index contributed by atoms with van der Waals surface area (Å²) < 4.78 is 5.33. The molecule has 0 unspecified atom stereocenters. The third-order valence-electron chi connectivity index (χ3n) is 4.39. The lowest BCUT2D eigenvalue weighted by molar-refractivity contribution is -0.134. The summed E-state index contributed by atoms with van der Waals surface area (Å²) in [7, 11) is 0. The molecular weight excluding hydrogens is 304 g/mol. The maximum atomic E-state index is 13.0. The zero-order chi connectivity index (χ0) is 17.7. The summed E-state index contributed by atoms with van der Waals surface area (Å²) in [6, 6.07) is -0.501. The summed E-state index contributed by atoms with van der Waals surface area (Å²) in [5.41, 5.74) is -0.564. The highest BCUT2D eigenvalue weighted by atomic mass is 16.6. The fourth-order valence-electron chi connectivity index (χ4n) is 2.75. The van der Waals surface area contributed by atoms with Crippen LogP contribution in [0.25, 0.3) is 0 Å². The average Bonchev–Trinajstić information content (AvgIpc) is 3.35. The highest BCUT2D eigenvalue weighted by molar-refractivity contribution is 5.85. The largest absolute Gasteiger partial charge is 0.444 e. The Balaban J connectivity index is 1.96. The van der Waals surface area contributed by atoms with Crippen LogP contribution < -0.4 is 5.32 Å². The standard InChI is InChI=1S/C19H33N2O3/c1-5-6-7-16(20-18(23)24-19(2,3)4)17(22)21(12-14-8-9-14)13-15-10-11-15/h14-16H,1,5-13H2,2-4H3,(H,20,23)/t16-/m0/s1. The van der Waals surface area contributed by atoms with Gasteiger partial charge in [-0.3, -0.25) is 4.79 Å². The van der Waals surface area contributed by atoms with Crippen molar-refractivity contribution < 1.29 is 14.3 Å². The molecule has 24 heavy (non-hydrogen) atoms. The van der Waals surface area contributed by atoms with Gasteiger partial charge in [-0.25, -0.2) is 4.79 Å². The molecule has 1 N–H and O–H groups in total. The normalized spacial score (nSPS) is 18.8. The third kappa shape index (κ3) is 7.10. The van der Waals surface area contributed by atoms with Gasteiger partial charge in [-0.05, 0) is 64.7 Å². The van der Waals surface area contributed by atoms with Crippen LogP contribution in [-0.4, -0.2) is 41.6 Å². The van der Waals surface area contributed by atoms with Crippen molar-refractivity contribution in [3.8, 4) is 0 Å². The number of rotatable bonds is 9. The molecule has 0 spiro atoms. The summed E-state index contributed by atoms with van der Waals surface area (Å²) in [4.78, 5) is 27.1. The van der Waals surface area contributed by atoms with Crippen LogP contribution in [-0.2, 0) is 9.53 Å². The van der Waals surface area contributed by atoms with E-state index in [-0.39, 0.29) is 5.91 Å². The maximum Gasteiger partial charge on any atom is 0.408 e. The molecule has 0 aromatic rings. The molecule has 2 aliphatic carbocycles. The first-order valence-electron chi connectivity index (χ1n) is 9.36. The number of carbonyl (C=O) groups excluding carboxylic acids is 2. The van der Waals surface area contributed by atoms with Crippen LogP contribution in [0, 0.1) is 18.8 Å². The van der Waals surface area contributed by atoms with E-state index in [1.54, 1.807) is 0 Å². The molecule has 0 aliphatic heterocycles. The minimum Gasteiger partial charge on any atom is -0.444 e. The molecular formula is C19H33N2O3. The van der Waals surface area contributed by atoms with E-state index in [2.05, 4.69) is 12.2 Å². The van der Waals surface area contributed by atoms with Gasteiger partial charge in [-0.15, -0.1) is 0 Å². The van der Waals surface area contributed by atoms with Gasteiger partial charge >= 0.3 is 6.09 Å². The van der Waals surface area contributed by atoms with Gasteiger partial charge < -0.3 is 15.0 Å². The van der Waals surface area contributed by atoms with Crippen molar-refractivity contribution in [2.75, 3.05) is 13.1 Å². The fourth-order valence-corrected chi connectivity index (χ4v) is 2.75. The molecule has 0 saturated heterocycles. The van der Waals surface area contributed by atoms with Crippen LogP contribution in [0.5, 0.6) is 0 Å². The molecule has 2 fully saturated rings. The first kappa shape index (κ1) is 19.1. The maximum absolute atomic E-state index is 13.0. The van der Waals surface area contributed by atoms with E-state index in [0.29, 0.717) is 18.3 Å². The van der Waals surface area contributed by atoms with Gasteiger partial charge in [-0.1, -0.05) is 19.8 Å². The fraction of sp³-hybridized carbons (Fsp3) is 0.842. The summed E-state index contributed by atoms with van der Waals surface area (Å²) >= 11 is 0. The minimum atomic E-state index is -0.564. The van der Waals surface area contributed by atoms with Gasteiger partial charge in [0.2, 0.25) is 5.91 Å². The number of hydrogen-bond acceptors (Lipinski definition) is 3. The summed E-state index contributed by atoms with van der Waals surface area (Å²) in [5, 5.41) is 2.80. The molecule has 1 atom stereocenters. The van der Waals surface area contributed by atoms with Crippen molar-refractivity contribution in [3.05, 3.63) is 6.92 Å². The van der Waals surface area contributed by atoms with E-state index in [9.17, 15) is 9.59 Å². The van der Waals surface area contributed by atoms with E-state index < -0.39 is 17.7 Å². The quantitative estimate of drug-likeness (QED) is 0.700. The number of amides is 2. The van der Waals surface area contributed by atoms with Gasteiger partial charge in [0.1, 0.15) is 11.6 Å². The van der Waals surface area contributed by atoms with Crippen LogP contribution in [0.15, 0.2) is 0 Å². The molecule has 0 aromatic heterocycles. The number of nitrogens with zero attached hydrogens (tertiary/aromatic N) is 1. The number of ether oxygens (including phenoxy) is 1. The van der Waals surface area contributed by atoms with Crippen molar-refractivity contribution in [1.29, 1.82) is 0 Å². The van der Waals surface area contributed by atoms with Crippen LogP contribution in [0.3, 0.4) is 0 Å². The molecule has 5 heteroatoms. The zero-order valence-corrected chi connectivity index (χ0v) is 15.5. The number of hydrogen-bond donors (Lipinski definition) is 1. The molecule has 2 amide bonds. The topological polar surface area (TPSA) is 58.6 Å². The highest BCUT2D eigenvalue weighted by Gasteiger charge is 2.35. The second-order valence-corrected chi connectivity index (χ2v) is 8.32. The summed E-state index contributed by atoms with van der Waals surface area (Å²) in [6.07, 6.45) is 6.55. The predicted molar refractivity (Wildman–Crippen MR) is 94.4 cm³/mol. The van der Waals surface area contributed by atoms with E-state index in [1.165, 1.54) is 25.7 Å². The molecule has 137 valence electrons. The van der Waals surface area contributed by atoms with E-state index in [0.717, 1.165) is 25.9 Å². The molecule has 0 heterocycles. The van der Waals surface area contributed by atoms with Crippen LogP contribution in [0.1, 0.15) is 65.7 Å². The Hall–Kier alpha value is -1.26. The van der Waals surface area contributed by atoms with Gasteiger partial charge in [0.25, 0.3) is 0 Å². The lowest BCUT2D eigenvalue weighted by Gasteiger charge is -2.29. The van der Waals surface area contributed by atoms with E-state index >= 15 is 0 Å². The van der Waals surface area contributed by atoms with Crippen molar-refractivity contribution in [2.24, 2.45) is 11.8 Å². The SMILES string of the molecule is [CH2]CCC[C@H](NC(=O)OC(C)(C)C)C(=O)N(CC1CC1)CC1CC1. The van der Waals surface area contributed by atoms with Gasteiger partial charge in [-0.2, -0.15) is 0 Å². The first-order chi connectivity index (χ1) is 11.3. The second-order valence-electron chi connectivity index (χ2n) is 8.32. The predicted octanol–water partition coefficient (Wildman–Crippen LogP) is 3.53. The average molecular weight is 337 g/mol. The number of unbranched alkanes of at least 4 members (excludes halogenated alkanes) is 1. The van der Waals surface area contributed by atoms with Crippen molar-refractivity contribution in [3.63, 3.8) is 0 Å². The monoisotopic (exact) mass is 337 g/mol. The molecule has 2 rings (SSSR count). The Bertz CT molecular complexity index is 422. The number of alkyl carbamates (subject to hydrolysis) is 1. The minimum absolute atomic E-state index is 0.0492. The Labute approximate surface area is 146 Å². The Morgan fingerprint density at radius 2 is 1.71 bits per heavy atom. The summed E-state index contributed by atoms with van der Waals surface area (Å²) in [5.74, 6) is 1.36. The van der Waals surface area contributed by atoms with Crippen LogP contribution in [0.2, 0.25) is 0 Å². The molecule has 2 saturated carbocycles. The third-order valence-corrected chi connectivity index (χ3v) is 4.39. The van der Waals surface area contributed by atoms with Crippen LogP contribution in [0.4, 0.5) is 4.79 Å². The Morgan fingerprint density at radius 3 is 2.12 bits per heavy atom.